The van der Waals surface area contributed by atoms with Crippen LogP contribution in [0.5, 0.6) is 0 Å². The van der Waals surface area contributed by atoms with Crippen molar-refractivity contribution in [3.63, 3.8) is 0 Å². The van der Waals surface area contributed by atoms with Gasteiger partial charge in [0.1, 0.15) is 11.7 Å². The number of nitrogens with zero attached hydrogens (tertiary/aromatic N) is 1. The van der Waals surface area contributed by atoms with Crippen LogP contribution in [0.3, 0.4) is 0 Å². The summed E-state index contributed by atoms with van der Waals surface area (Å²) in [7, 11) is 1.55. The highest BCUT2D eigenvalue weighted by atomic mass is 16.6. The summed E-state index contributed by atoms with van der Waals surface area (Å²) in [6, 6.07) is 0. The van der Waals surface area contributed by atoms with Crippen molar-refractivity contribution in [2.75, 3.05) is 33.3 Å². The Hall–Kier alpha value is -2.28. The monoisotopic (exact) mass is 650 g/mol. The molecule has 0 aromatic heterocycles. The average Bonchev–Trinajstić information content (AvgIpc) is 3.67. The van der Waals surface area contributed by atoms with E-state index >= 15 is 0 Å². The zero-order chi connectivity index (χ0) is 34.3. The topological polar surface area (TPSA) is 150 Å². The Morgan fingerprint density at radius 3 is 2.59 bits per heavy atom. The molecule has 1 unspecified atom stereocenters. The van der Waals surface area contributed by atoms with Crippen molar-refractivity contribution in [3.8, 4) is 0 Å². The second-order valence-electron chi connectivity index (χ2n) is 14.0. The Bertz CT molecular complexity index is 1120. The molecule has 11 heteroatoms. The zero-order valence-electron chi connectivity index (χ0n) is 29.0. The Balaban J connectivity index is 1.79. The summed E-state index contributed by atoms with van der Waals surface area (Å²) in [5, 5.41) is 35.3. The largest absolute Gasteiger partial charge is 0.457 e. The maximum absolute atomic E-state index is 13.1. The van der Waals surface area contributed by atoms with E-state index in [0.29, 0.717) is 45.4 Å². The van der Waals surface area contributed by atoms with Crippen LogP contribution in [0.1, 0.15) is 80.6 Å². The lowest BCUT2D eigenvalue weighted by molar-refractivity contribution is -0.151. The Morgan fingerprint density at radius 2 is 1.96 bits per heavy atom. The van der Waals surface area contributed by atoms with E-state index < -0.39 is 53.3 Å². The van der Waals surface area contributed by atoms with Gasteiger partial charge in [-0.2, -0.15) is 0 Å². The van der Waals surface area contributed by atoms with Gasteiger partial charge in [0.05, 0.1) is 35.9 Å². The van der Waals surface area contributed by atoms with Gasteiger partial charge in [0.25, 0.3) is 0 Å². The third-order valence-corrected chi connectivity index (χ3v) is 10.1. The molecule has 0 aromatic rings. The van der Waals surface area contributed by atoms with Gasteiger partial charge >= 0.3 is 12.1 Å². The Morgan fingerprint density at radius 1 is 1.28 bits per heavy atom. The summed E-state index contributed by atoms with van der Waals surface area (Å²) in [6.07, 6.45) is 6.89. The van der Waals surface area contributed by atoms with E-state index in [0.717, 1.165) is 5.57 Å². The predicted molar refractivity (Wildman–Crippen MR) is 175 cm³/mol. The highest BCUT2D eigenvalue weighted by Crippen LogP contribution is 2.48. The summed E-state index contributed by atoms with van der Waals surface area (Å²) in [6.45, 7) is 15.7. The average molecular weight is 651 g/mol. The number of piperazine rings is 1. The number of methoxy groups -OCH3 is 1. The van der Waals surface area contributed by atoms with Crippen LogP contribution in [0.25, 0.3) is 0 Å². The maximum atomic E-state index is 13.1. The van der Waals surface area contributed by atoms with E-state index in [1.807, 2.05) is 47.6 Å². The molecule has 3 heterocycles. The number of epoxide rings is 1. The van der Waals surface area contributed by atoms with E-state index in [2.05, 4.69) is 5.32 Å². The van der Waals surface area contributed by atoms with Gasteiger partial charge in [-0.05, 0) is 58.6 Å². The lowest BCUT2D eigenvalue weighted by Crippen LogP contribution is -2.50. The van der Waals surface area contributed by atoms with Gasteiger partial charge in [0.15, 0.2) is 6.10 Å². The number of carbonyl (C=O) groups excluding carboxylic acids is 2. The SMILES string of the molecule is CC[C@H](O)[C@@H](C)C1(C)O[C@@H]1C[C@@](C)(O)/C=C/C=C(\C)[C@H]1OC(=O)C[C@H](O)CC[C@@](C)(OC)[C@@H](OC(=O)N2CCNCC2)/C=C/[C@@H]1C. The van der Waals surface area contributed by atoms with E-state index in [1.54, 1.807) is 43.2 Å². The molecule has 0 bridgehead atoms. The summed E-state index contributed by atoms with van der Waals surface area (Å²) < 4.78 is 23.7. The van der Waals surface area contributed by atoms with E-state index in [1.165, 1.54) is 0 Å². The number of aliphatic hydroxyl groups is 3. The molecule has 4 N–H and O–H groups in total. The molecule has 10 atom stereocenters. The molecule has 0 aliphatic carbocycles. The number of nitrogens with one attached hydrogen (secondary N) is 1. The molecule has 0 radical (unpaired) electrons. The number of ether oxygens (including phenoxy) is 4. The van der Waals surface area contributed by atoms with Crippen LogP contribution < -0.4 is 5.32 Å². The van der Waals surface area contributed by atoms with Crippen molar-refractivity contribution in [1.82, 2.24) is 10.2 Å². The maximum Gasteiger partial charge on any atom is 0.410 e. The third kappa shape index (κ3) is 10.1. The summed E-state index contributed by atoms with van der Waals surface area (Å²) in [5.74, 6) is -0.893. The number of esters is 1. The number of aliphatic hydroxyl groups excluding tert-OH is 2. The molecular formula is C35H58N2O9. The molecule has 2 saturated heterocycles. The number of hydrogen-bond acceptors (Lipinski definition) is 10. The third-order valence-electron chi connectivity index (χ3n) is 10.1. The second-order valence-corrected chi connectivity index (χ2v) is 14.0. The quantitative estimate of drug-likeness (QED) is 0.119. The molecule has 0 spiro atoms. The fourth-order valence-corrected chi connectivity index (χ4v) is 6.29. The standard InChI is InChI=1S/C35H58N2O9/c1-9-27(39)25(4)35(7)29(46-35)22-33(5,42)15-10-11-23(2)31-24(3)12-13-28(44-32(41)37-19-17-36-18-20-37)34(6,43-8)16-14-26(38)21-30(40)45-31/h10-13,15,24-29,31,36,38-39,42H,9,14,16-22H2,1-8H3/b13-12+,15-10+,23-11+/t24-,25+,26+,27-,28-,29+,31+,33-,34+,35?/m0/s1. The molecule has 262 valence electrons. The highest BCUT2D eigenvalue weighted by molar-refractivity contribution is 5.70. The number of hydrogen-bond donors (Lipinski definition) is 4. The van der Waals surface area contributed by atoms with Crippen LogP contribution in [-0.4, -0.2) is 113 Å². The molecule has 2 fully saturated rings. The van der Waals surface area contributed by atoms with Crippen molar-refractivity contribution < 1.29 is 43.9 Å². The van der Waals surface area contributed by atoms with Crippen molar-refractivity contribution >= 4 is 12.1 Å². The smallest absolute Gasteiger partial charge is 0.410 e. The van der Waals surface area contributed by atoms with E-state index in [-0.39, 0.29) is 30.8 Å². The minimum atomic E-state index is -1.17. The number of rotatable bonds is 10. The lowest BCUT2D eigenvalue weighted by atomic mass is 9.83. The van der Waals surface area contributed by atoms with Gasteiger partial charge in [0, 0.05) is 51.5 Å². The molecule has 3 aliphatic rings. The van der Waals surface area contributed by atoms with Gasteiger partial charge in [-0.1, -0.05) is 45.1 Å². The fraction of sp³-hybridized carbons (Fsp3) is 0.771. The van der Waals surface area contributed by atoms with Gasteiger partial charge in [0.2, 0.25) is 0 Å². The molecular weight excluding hydrogens is 592 g/mol. The Labute approximate surface area is 275 Å². The normalized spacial score (nSPS) is 36.5. The first-order valence-electron chi connectivity index (χ1n) is 16.8. The summed E-state index contributed by atoms with van der Waals surface area (Å²) in [4.78, 5) is 27.7. The number of carbonyl (C=O) groups is 2. The Kier molecular flexibility index (Phi) is 13.5. The second kappa shape index (κ2) is 16.2. The number of amides is 1. The van der Waals surface area contributed by atoms with Crippen LogP contribution >= 0.6 is 0 Å². The minimum absolute atomic E-state index is 0.0554. The fourth-order valence-electron chi connectivity index (χ4n) is 6.29. The molecule has 3 aliphatic heterocycles. The van der Waals surface area contributed by atoms with Gasteiger partial charge < -0.3 is 44.5 Å². The molecule has 46 heavy (non-hydrogen) atoms. The van der Waals surface area contributed by atoms with Crippen molar-refractivity contribution in [1.29, 1.82) is 0 Å². The van der Waals surface area contributed by atoms with Crippen LogP contribution in [0.15, 0.2) is 36.0 Å². The first-order chi connectivity index (χ1) is 21.5. The van der Waals surface area contributed by atoms with Crippen LogP contribution in [0.2, 0.25) is 0 Å². The van der Waals surface area contributed by atoms with Gasteiger partial charge in [-0.15, -0.1) is 0 Å². The van der Waals surface area contributed by atoms with Crippen molar-refractivity contribution in [2.45, 2.75) is 128 Å². The lowest BCUT2D eigenvalue weighted by Gasteiger charge is -2.37. The van der Waals surface area contributed by atoms with E-state index in [9.17, 15) is 24.9 Å². The molecule has 3 rings (SSSR count). The number of cyclic esters (lactones) is 1. The van der Waals surface area contributed by atoms with Gasteiger partial charge in [-0.25, -0.2) is 4.79 Å². The minimum Gasteiger partial charge on any atom is -0.457 e. The molecule has 11 nitrogen and oxygen atoms in total. The molecule has 0 aromatic carbocycles. The number of allylic oxidation sites excluding steroid dienone is 2. The van der Waals surface area contributed by atoms with Crippen LogP contribution in [-0.2, 0) is 23.7 Å². The first kappa shape index (κ1) is 38.2. The first-order valence-corrected chi connectivity index (χ1v) is 16.8. The van der Waals surface area contributed by atoms with Crippen LogP contribution in [0.4, 0.5) is 4.79 Å². The molecule has 1 amide bonds. The van der Waals surface area contributed by atoms with Gasteiger partial charge in [-0.3, -0.25) is 4.79 Å². The predicted octanol–water partition coefficient (Wildman–Crippen LogP) is 3.66. The summed E-state index contributed by atoms with van der Waals surface area (Å²) >= 11 is 0. The van der Waals surface area contributed by atoms with E-state index in [4.69, 9.17) is 18.9 Å². The summed E-state index contributed by atoms with van der Waals surface area (Å²) in [5.41, 5.74) is -1.85. The zero-order valence-corrected chi connectivity index (χ0v) is 29.0. The van der Waals surface area contributed by atoms with Crippen molar-refractivity contribution in [3.05, 3.63) is 36.0 Å². The highest BCUT2D eigenvalue weighted by Gasteiger charge is 2.58. The van der Waals surface area contributed by atoms with Crippen LogP contribution in [0, 0.1) is 11.8 Å². The molecule has 0 saturated carbocycles. The van der Waals surface area contributed by atoms with Crippen molar-refractivity contribution in [2.24, 2.45) is 11.8 Å².